The molecule has 0 spiro atoms. The molecule has 1 saturated carbocycles. The first kappa shape index (κ1) is 26.6. The number of hydrogen-bond donors (Lipinski definition) is 1. The minimum atomic E-state index is -3.03. The number of carboxylic acids is 1. The van der Waals surface area contributed by atoms with Gasteiger partial charge in [-0.1, -0.05) is 12.1 Å². The van der Waals surface area contributed by atoms with Crippen LogP contribution in [0.3, 0.4) is 0 Å². The Hall–Kier alpha value is -3.46. The number of sulfone groups is 1. The summed E-state index contributed by atoms with van der Waals surface area (Å²) < 4.78 is 48.5. The zero-order valence-electron chi connectivity index (χ0n) is 21.0. The molecule has 3 aromatic rings. The molecule has 1 fully saturated rings. The second-order valence-electron chi connectivity index (χ2n) is 9.57. The Balaban J connectivity index is 1.41. The maximum atomic E-state index is 14.6. The number of aromatic nitrogens is 1. The highest BCUT2D eigenvalue weighted by molar-refractivity contribution is 7.90. The van der Waals surface area contributed by atoms with Crippen molar-refractivity contribution in [2.45, 2.75) is 39.2 Å². The van der Waals surface area contributed by atoms with Crippen molar-refractivity contribution in [1.29, 1.82) is 0 Å². The molecule has 2 aromatic carbocycles. The van der Waals surface area contributed by atoms with Crippen LogP contribution < -0.4 is 9.47 Å². The molecule has 0 radical (unpaired) electrons. The molecule has 0 bridgehead atoms. The Bertz CT molecular complexity index is 1420. The first-order chi connectivity index (χ1) is 17.5. The average molecular weight is 528 g/mol. The van der Waals surface area contributed by atoms with Gasteiger partial charge in [0.1, 0.15) is 28.0 Å². The van der Waals surface area contributed by atoms with E-state index in [1.54, 1.807) is 30.5 Å². The highest BCUT2D eigenvalue weighted by atomic mass is 32.2. The van der Waals surface area contributed by atoms with Crippen LogP contribution in [0.15, 0.2) is 48.7 Å². The Morgan fingerprint density at radius 1 is 1.11 bits per heavy atom. The molecule has 0 amide bonds. The van der Waals surface area contributed by atoms with Crippen molar-refractivity contribution in [3.05, 3.63) is 76.7 Å². The van der Waals surface area contributed by atoms with Crippen LogP contribution in [0.1, 0.15) is 41.0 Å². The number of ether oxygens (including phenoxy) is 2. The van der Waals surface area contributed by atoms with Crippen molar-refractivity contribution in [3.63, 3.8) is 0 Å². The summed E-state index contributed by atoms with van der Waals surface area (Å²) in [4.78, 5) is 15.5. The lowest BCUT2D eigenvalue weighted by Gasteiger charge is -2.13. The molecule has 1 aromatic heterocycles. The van der Waals surface area contributed by atoms with Gasteiger partial charge < -0.3 is 14.6 Å². The highest BCUT2D eigenvalue weighted by Crippen LogP contribution is 2.49. The Kier molecular flexibility index (Phi) is 7.82. The molecule has 1 heterocycles. The zero-order valence-corrected chi connectivity index (χ0v) is 21.8. The van der Waals surface area contributed by atoms with Crippen LogP contribution in [0.25, 0.3) is 11.1 Å². The van der Waals surface area contributed by atoms with Crippen LogP contribution in [0.5, 0.6) is 11.6 Å². The number of benzene rings is 2. The molecule has 37 heavy (non-hydrogen) atoms. The summed E-state index contributed by atoms with van der Waals surface area (Å²) in [7, 11) is -3.03. The van der Waals surface area contributed by atoms with Gasteiger partial charge in [-0.05, 0) is 79.1 Å². The number of pyridine rings is 1. The molecule has 0 aliphatic heterocycles. The number of nitrogens with zero attached hydrogens (tertiary/aromatic N) is 1. The SMILES string of the molecule is Cc1cc(OCCCS(C)(=O)=O)ncc1-c1ccc(F)c(COc2ccc(C3CC3C(=O)O)c(C)c2)c1. The Morgan fingerprint density at radius 2 is 1.89 bits per heavy atom. The molecule has 0 saturated heterocycles. The van der Waals surface area contributed by atoms with Crippen molar-refractivity contribution in [2.24, 2.45) is 5.92 Å². The third-order valence-electron chi connectivity index (χ3n) is 6.49. The van der Waals surface area contributed by atoms with Crippen molar-refractivity contribution in [1.82, 2.24) is 4.98 Å². The molecule has 2 atom stereocenters. The van der Waals surface area contributed by atoms with Gasteiger partial charge >= 0.3 is 5.97 Å². The quantitative estimate of drug-likeness (QED) is 0.347. The van der Waals surface area contributed by atoms with Crippen molar-refractivity contribution in [2.75, 3.05) is 18.6 Å². The molecule has 7 nitrogen and oxygen atoms in total. The van der Waals surface area contributed by atoms with Crippen LogP contribution in [-0.2, 0) is 21.2 Å². The average Bonchev–Trinajstić information content (AvgIpc) is 3.62. The minimum absolute atomic E-state index is 0.0354. The van der Waals surface area contributed by atoms with Crippen molar-refractivity contribution >= 4 is 15.8 Å². The maximum Gasteiger partial charge on any atom is 0.307 e. The number of aryl methyl sites for hydroxylation is 2. The number of aliphatic carboxylic acids is 1. The van der Waals surface area contributed by atoms with E-state index in [1.807, 2.05) is 26.0 Å². The fourth-order valence-corrected chi connectivity index (χ4v) is 5.03. The number of hydrogen-bond acceptors (Lipinski definition) is 6. The van der Waals surface area contributed by atoms with E-state index in [4.69, 9.17) is 9.47 Å². The Labute approximate surface area is 216 Å². The van der Waals surface area contributed by atoms with E-state index < -0.39 is 15.8 Å². The van der Waals surface area contributed by atoms with Gasteiger partial charge in [-0.25, -0.2) is 17.8 Å². The molecule has 2 unspecified atom stereocenters. The third-order valence-corrected chi connectivity index (χ3v) is 7.52. The van der Waals surface area contributed by atoms with Gasteiger partial charge in [0.05, 0.1) is 18.3 Å². The van der Waals surface area contributed by atoms with E-state index in [-0.39, 0.29) is 36.6 Å². The van der Waals surface area contributed by atoms with Crippen molar-refractivity contribution < 1.29 is 32.2 Å². The van der Waals surface area contributed by atoms with E-state index in [9.17, 15) is 22.7 Å². The topological polar surface area (TPSA) is 103 Å². The van der Waals surface area contributed by atoms with E-state index in [0.717, 1.165) is 27.8 Å². The number of carboxylic acid groups (broad SMARTS) is 1. The van der Waals surface area contributed by atoms with Crippen LogP contribution in [0, 0.1) is 25.6 Å². The van der Waals surface area contributed by atoms with Gasteiger partial charge in [0.15, 0.2) is 0 Å². The summed E-state index contributed by atoms with van der Waals surface area (Å²) in [5, 5.41) is 9.18. The summed E-state index contributed by atoms with van der Waals surface area (Å²) in [5.41, 5.74) is 4.86. The fourth-order valence-electron chi connectivity index (χ4n) is 4.39. The van der Waals surface area contributed by atoms with Crippen molar-refractivity contribution in [3.8, 4) is 22.8 Å². The summed E-state index contributed by atoms with van der Waals surface area (Å²) in [6.07, 6.45) is 3.88. The fraction of sp³-hybridized carbons (Fsp3) is 0.357. The molecule has 1 aliphatic rings. The van der Waals surface area contributed by atoms with Crippen LogP contribution in [0.4, 0.5) is 4.39 Å². The lowest BCUT2D eigenvalue weighted by molar-refractivity contribution is -0.138. The standard InChI is InChI=1S/C28H30FNO6S/c1-17-11-21(6-7-22(17)23-14-24(23)28(31)32)36-16-20-13-19(5-8-26(20)29)25-15-30-27(12-18(25)2)35-9-4-10-37(3,33)34/h5-8,11-13,15,23-24H,4,9-10,14,16H2,1-3H3,(H,31,32). The second kappa shape index (κ2) is 10.9. The second-order valence-corrected chi connectivity index (χ2v) is 11.8. The summed E-state index contributed by atoms with van der Waals surface area (Å²) >= 11 is 0. The van der Waals surface area contributed by atoms with Gasteiger partial charge in [-0.2, -0.15) is 0 Å². The largest absolute Gasteiger partial charge is 0.489 e. The summed E-state index contributed by atoms with van der Waals surface area (Å²) in [6, 6.07) is 12.1. The minimum Gasteiger partial charge on any atom is -0.489 e. The van der Waals surface area contributed by atoms with Crippen LogP contribution in [0.2, 0.25) is 0 Å². The first-order valence-corrected chi connectivity index (χ1v) is 14.1. The molecular weight excluding hydrogens is 497 g/mol. The lowest BCUT2D eigenvalue weighted by Crippen LogP contribution is -2.08. The predicted octanol–water partition coefficient (Wildman–Crippen LogP) is 5.09. The molecular formula is C28H30FNO6S. The Morgan fingerprint density at radius 3 is 2.54 bits per heavy atom. The van der Waals surface area contributed by atoms with Crippen LogP contribution in [-0.4, -0.2) is 43.1 Å². The third kappa shape index (κ3) is 6.85. The van der Waals surface area contributed by atoms with E-state index in [1.165, 1.54) is 12.3 Å². The highest BCUT2D eigenvalue weighted by Gasteiger charge is 2.44. The first-order valence-electron chi connectivity index (χ1n) is 12.0. The zero-order chi connectivity index (χ0) is 26.7. The summed E-state index contributed by atoms with van der Waals surface area (Å²) in [6.45, 7) is 4.11. The lowest BCUT2D eigenvalue weighted by atomic mass is 10.0. The smallest absolute Gasteiger partial charge is 0.307 e. The van der Waals surface area contributed by atoms with E-state index in [0.29, 0.717) is 30.0 Å². The van der Waals surface area contributed by atoms with Gasteiger partial charge in [-0.3, -0.25) is 4.79 Å². The molecule has 1 aliphatic carbocycles. The number of carbonyl (C=O) groups is 1. The van der Waals surface area contributed by atoms with Gasteiger partial charge in [0, 0.05) is 29.6 Å². The van der Waals surface area contributed by atoms with Crippen LogP contribution >= 0.6 is 0 Å². The normalized spacial score (nSPS) is 16.9. The maximum absolute atomic E-state index is 14.6. The van der Waals surface area contributed by atoms with Gasteiger partial charge in [-0.15, -0.1) is 0 Å². The van der Waals surface area contributed by atoms with Gasteiger partial charge in [0.2, 0.25) is 5.88 Å². The monoisotopic (exact) mass is 527 g/mol. The van der Waals surface area contributed by atoms with E-state index >= 15 is 0 Å². The number of rotatable bonds is 11. The predicted molar refractivity (Wildman–Crippen MR) is 138 cm³/mol. The molecule has 196 valence electrons. The number of halogens is 1. The molecule has 9 heteroatoms. The van der Waals surface area contributed by atoms with Gasteiger partial charge in [0.25, 0.3) is 0 Å². The molecule has 1 N–H and O–H groups in total. The summed E-state index contributed by atoms with van der Waals surface area (Å²) in [5.74, 6) is -0.371. The van der Waals surface area contributed by atoms with E-state index in [2.05, 4.69) is 4.98 Å². The molecule has 4 rings (SSSR count).